The molecule has 0 aromatic heterocycles. The van der Waals surface area contributed by atoms with Crippen molar-refractivity contribution in [2.45, 2.75) is 91.6 Å². The van der Waals surface area contributed by atoms with Crippen molar-refractivity contribution in [1.82, 2.24) is 10.6 Å². The molecule has 1 aliphatic carbocycles. The van der Waals surface area contributed by atoms with E-state index in [0.29, 0.717) is 17.9 Å². The van der Waals surface area contributed by atoms with Crippen LogP contribution in [0.3, 0.4) is 0 Å². The highest BCUT2D eigenvalue weighted by Crippen LogP contribution is 2.40. The van der Waals surface area contributed by atoms with Gasteiger partial charge in [0, 0.05) is 24.5 Å². The van der Waals surface area contributed by atoms with Gasteiger partial charge in [0.15, 0.2) is 0 Å². The summed E-state index contributed by atoms with van der Waals surface area (Å²) in [4.78, 5) is 12.0. The molecule has 0 saturated heterocycles. The number of hydrogen-bond acceptors (Lipinski definition) is 2. The second-order valence-electron chi connectivity index (χ2n) is 8.38. The molecular weight excluding hydrogens is 260 g/mol. The van der Waals surface area contributed by atoms with Crippen LogP contribution in [0.4, 0.5) is 0 Å². The zero-order chi connectivity index (χ0) is 16.1. The van der Waals surface area contributed by atoms with Crippen molar-refractivity contribution in [3.8, 4) is 0 Å². The monoisotopic (exact) mass is 296 g/mol. The van der Waals surface area contributed by atoms with Crippen molar-refractivity contribution in [2.24, 2.45) is 11.3 Å². The Morgan fingerprint density at radius 1 is 1.05 bits per heavy atom. The van der Waals surface area contributed by atoms with Crippen molar-refractivity contribution < 1.29 is 4.79 Å². The van der Waals surface area contributed by atoms with Crippen LogP contribution in [0.2, 0.25) is 0 Å². The lowest BCUT2D eigenvalue weighted by Crippen LogP contribution is -2.42. The van der Waals surface area contributed by atoms with E-state index in [4.69, 9.17) is 0 Å². The van der Waals surface area contributed by atoms with E-state index in [1.165, 1.54) is 19.3 Å². The first kappa shape index (κ1) is 18.5. The maximum Gasteiger partial charge on any atom is 0.221 e. The number of nitrogens with one attached hydrogen (secondary N) is 2. The fraction of sp³-hybridized carbons (Fsp3) is 0.944. The predicted molar refractivity (Wildman–Crippen MR) is 90.3 cm³/mol. The molecule has 124 valence electrons. The molecule has 1 aliphatic rings. The van der Waals surface area contributed by atoms with Crippen molar-refractivity contribution >= 4 is 5.91 Å². The molecule has 0 radical (unpaired) electrons. The minimum Gasteiger partial charge on any atom is -0.353 e. The van der Waals surface area contributed by atoms with Crippen LogP contribution < -0.4 is 10.6 Å². The van der Waals surface area contributed by atoms with Crippen LogP contribution in [0.25, 0.3) is 0 Å². The maximum absolute atomic E-state index is 12.0. The highest BCUT2D eigenvalue weighted by atomic mass is 16.1. The summed E-state index contributed by atoms with van der Waals surface area (Å²) in [5.41, 5.74) is 0.537. The summed E-state index contributed by atoms with van der Waals surface area (Å²) in [6, 6.07) is 0.399. The fourth-order valence-corrected chi connectivity index (χ4v) is 3.16. The second kappa shape index (κ2) is 7.62. The van der Waals surface area contributed by atoms with Gasteiger partial charge < -0.3 is 10.6 Å². The molecule has 0 aromatic rings. The summed E-state index contributed by atoms with van der Waals surface area (Å²) < 4.78 is 0. The van der Waals surface area contributed by atoms with Crippen LogP contribution in [0.5, 0.6) is 0 Å². The van der Waals surface area contributed by atoms with E-state index < -0.39 is 0 Å². The molecule has 0 aliphatic heterocycles. The van der Waals surface area contributed by atoms with Gasteiger partial charge in [0.2, 0.25) is 5.91 Å². The average Bonchev–Trinajstić information content (AvgIpc) is 2.37. The van der Waals surface area contributed by atoms with Gasteiger partial charge >= 0.3 is 0 Å². The Balaban J connectivity index is 2.25. The van der Waals surface area contributed by atoms with E-state index in [-0.39, 0.29) is 11.4 Å². The highest BCUT2D eigenvalue weighted by molar-refractivity contribution is 5.76. The summed E-state index contributed by atoms with van der Waals surface area (Å²) in [6.45, 7) is 14.2. The SMILES string of the molecule is CCC(C)(C)C1CCC(NC(=O)CCNC(C)(C)C)CC1. The quantitative estimate of drug-likeness (QED) is 0.781. The van der Waals surface area contributed by atoms with Crippen molar-refractivity contribution in [1.29, 1.82) is 0 Å². The maximum atomic E-state index is 12.0. The standard InChI is InChI=1S/C18H36N2O/c1-7-18(5,6)14-8-10-15(11-9-14)20-16(21)12-13-19-17(2,3)4/h14-15,19H,7-13H2,1-6H3,(H,20,21). The highest BCUT2D eigenvalue weighted by Gasteiger charge is 2.32. The van der Waals surface area contributed by atoms with Crippen LogP contribution in [-0.2, 0) is 4.79 Å². The van der Waals surface area contributed by atoms with Crippen LogP contribution >= 0.6 is 0 Å². The molecule has 3 nitrogen and oxygen atoms in total. The Kier molecular flexibility index (Phi) is 6.71. The molecule has 0 heterocycles. The fourth-order valence-electron chi connectivity index (χ4n) is 3.16. The summed E-state index contributed by atoms with van der Waals surface area (Å²) >= 11 is 0. The van der Waals surface area contributed by atoms with Crippen molar-refractivity contribution in [2.75, 3.05) is 6.54 Å². The van der Waals surface area contributed by atoms with E-state index in [1.54, 1.807) is 0 Å². The summed E-state index contributed by atoms with van der Waals surface area (Å²) in [5.74, 6) is 1.02. The summed E-state index contributed by atoms with van der Waals surface area (Å²) in [7, 11) is 0. The molecule has 21 heavy (non-hydrogen) atoms. The third-order valence-electron chi connectivity index (χ3n) is 5.12. The molecule has 0 unspecified atom stereocenters. The molecule has 1 saturated carbocycles. The average molecular weight is 296 g/mol. The largest absolute Gasteiger partial charge is 0.353 e. The predicted octanol–water partition coefficient (Wildman–Crippen LogP) is 3.88. The van der Waals surface area contributed by atoms with Crippen LogP contribution in [0.1, 0.15) is 80.1 Å². The molecule has 0 aromatic carbocycles. The first-order valence-electron chi connectivity index (χ1n) is 8.68. The minimum atomic E-state index is 0.0874. The van der Waals surface area contributed by atoms with Gasteiger partial charge in [-0.15, -0.1) is 0 Å². The molecule has 0 bridgehead atoms. The van der Waals surface area contributed by atoms with Gasteiger partial charge in [0.1, 0.15) is 0 Å². The molecule has 2 N–H and O–H groups in total. The molecule has 1 fully saturated rings. The lowest BCUT2D eigenvalue weighted by atomic mass is 9.69. The van der Waals surface area contributed by atoms with Crippen molar-refractivity contribution in [3.63, 3.8) is 0 Å². The molecule has 1 rings (SSSR count). The number of hydrogen-bond donors (Lipinski definition) is 2. The van der Waals surface area contributed by atoms with Gasteiger partial charge in [-0.3, -0.25) is 4.79 Å². The topological polar surface area (TPSA) is 41.1 Å². The van der Waals surface area contributed by atoms with E-state index in [9.17, 15) is 4.79 Å². The Bertz CT molecular complexity index is 323. The zero-order valence-corrected chi connectivity index (χ0v) is 15.0. The normalized spacial score (nSPS) is 23.9. The Morgan fingerprint density at radius 2 is 1.62 bits per heavy atom. The first-order chi connectivity index (χ1) is 9.64. The summed E-state index contributed by atoms with van der Waals surface area (Å²) in [6.07, 6.45) is 6.63. The van der Waals surface area contributed by atoms with Gasteiger partial charge in [-0.25, -0.2) is 0 Å². The Morgan fingerprint density at radius 3 is 2.10 bits per heavy atom. The molecule has 0 spiro atoms. The summed E-state index contributed by atoms with van der Waals surface area (Å²) in [5, 5.41) is 6.58. The smallest absolute Gasteiger partial charge is 0.221 e. The molecule has 0 atom stereocenters. The lowest BCUT2D eigenvalue weighted by molar-refractivity contribution is -0.122. The molecule has 1 amide bonds. The van der Waals surface area contributed by atoms with E-state index >= 15 is 0 Å². The van der Waals surface area contributed by atoms with E-state index in [0.717, 1.165) is 25.3 Å². The van der Waals surface area contributed by atoms with Crippen LogP contribution in [0.15, 0.2) is 0 Å². The van der Waals surface area contributed by atoms with Gasteiger partial charge in [0.05, 0.1) is 0 Å². The number of rotatable bonds is 6. The van der Waals surface area contributed by atoms with Crippen LogP contribution in [-0.4, -0.2) is 24.0 Å². The third kappa shape index (κ3) is 6.82. The molecule has 3 heteroatoms. The van der Waals surface area contributed by atoms with E-state index in [1.807, 2.05) is 0 Å². The minimum absolute atomic E-state index is 0.0874. The molecular formula is C18H36N2O. The first-order valence-corrected chi connectivity index (χ1v) is 8.68. The zero-order valence-electron chi connectivity index (χ0n) is 15.0. The number of carbonyl (C=O) groups is 1. The Labute approximate surface area is 131 Å². The second-order valence-corrected chi connectivity index (χ2v) is 8.38. The lowest BCUT2D eigenvalue weighted by Gasteiger charge is -2.39. The third-order valence-corrected chi connectivity index (χ3v) is 5.12. The van der Waals surface area contributed by atoms with Crippen molar-refractivity contribution in [3.05, 3.63) is 0 Å². The van der Waals surface area contributed by atoms with Crippen LogP contribution in [0, 0.1) is 11.3 Å². The number of amides is 1. The van der Waals surface area contributed by atoms with Gasteiger partial charge in [0.25, 0.3) is 0 Å². The number of carbonyl (C=O) groups excluding carboxylic acids is 1. The Hall–Kier alpha value is -0.570. The van der Waals surface area contributed by atoms with E-state index in [2.05, 4.69) is 52.2 Å². The van der Waals surface area contributed by atoms with Gasteiger partial charge in [-0.05, 0) is 57.8 Å². The van der Waals surface area contributed by atoms with Gasteiger partial charge in [-0.2, -0.15) is 0 Å². The van der Waals surface area contributed by atoms with Gasteiger partial charge in [-0.1, -0.05) is 27.2 Å².